The number of rotatable bonds is 5. The Morgan fingerprint density at radius 1 is 1.11 bits per heavy atom. The maximum Gasteiger partial charge on any atom is 0.224 e. The fourth-order valence-corrected chi connectivity index (χ4v) is 2.20. The van der Waals surface area contributed by atoms with Crippen LogP contribution in [0.3, 0.4) is 0 Å². The molecule has 0 saturated carbocycles. The second kappa shape index (κ2) is 5.72. The quantitative estimate of drug-likeness (QED) is 0.789. The molecule has 0 bridgehead atoms. The van der Waals surface area contributed by atoms with Gasteiger partial charge in [0.2, 0.25) is 11.8 Å². The summed E-state index contributed by atoms with van der Waals surface area (Å²) >= 11 is 0. The Labute approximate surface area is 111 Å². The fourth-order valence-electron chi connectivity index (χ4n) is 2.20. The first-order chi connectivity index (χ1) is 7.89. The lowest BCUT2D eigenvalue weighted by Crippen LogP contribution is -2.47. The molecule has 0 aromatic rings. The molecular formula is C14H28N2O2. The highest BCUT2D eigenvalue weighted by Gasteiger charge is 2.35. The lowest BCUT2D eigenvalue weighted by Gasteiger charge is -2.33. The van der Waals surface area contributed by atoms with E-state index in [9.17, 15) is 9.59 Å². The summed E-state index contributed by atoms with van der Waals surface area (Å²) in [6.07, 6.45) is 0. The van der Waals surface area contributed by atoms with Crippen molar-refractivity contribution in [1.82, 2.24) is 5.32 Å². The number of amides is 2. The first-order valence-electron chi connectivity index (χ1n) is 6.47. The van der Waals surface area contributed by atoms with Gasteiger partial charge in [-0.05, 0) is 25.2 Å². The van der Waals surface area contributed by atoms with Gasteiger partial charge in [0, 0.05) is 12.5 Å². The predicted octanol–water partition coefficient (Wildman–Crippen LogP) is 1.93. The molecule has 1 unspecified atom stereocenters. The van der Waals surface area contributed by atoms with Crippen molar-refractivity contribution in [2.75, 3.05) is 6.54 Å². The first kappa shape index (κ1) is 16.9. The van der Waals surface area contributed by atoms with Gasteiger partial charge in [-0.3, -0.25) is 9.59 Å². The number of nitrogens with one attached hydrogen (secondary N) is 1. The average Bonchev–Trinajstić information content (AvgIpc) is 2.11. The van der Waals surface area contributed by atoms with Gasteiger partial charge >= 0.3 is 0 Å². The van der Waals surface area contributed by atoms with Crippen LogP contribution < -0.4 is 11.1 Å². The summed E-state index contributed by atoms with van der Waals surface area (Å²) in [5.74, 6) is -0.241. The van der Waals surface area contributed by atoms with E-state index in [1.807, 2.05) is 13.8 Å². The summed E-state index contributed by atoms with van der Waals surface area (Å²) < 4.78 is 0. The Kier molecular flexibility index (Phi) is 5.38. The molecule has 0 heterocycles. The molecule has 0 rings (SSSR count). The van der Waals surface area contributed by atoms with Gasteiger partial charge in [-0.1, -0.05) is 34.6 Å². The second-order valence-corrected chi connectivity index (χ2v) is 7.05. The van der Waals surface area contributed by atoms with Crippen molar-refractivity contribution >= 4 is 11.8 Å². The van der Waals surface area contributed by atoms with Gasteiger partial charge in [0.25, 0.3) is 0 Å². The Morgan fingerprint density at radius 3 is 1.83 bits per heavy atom. The number of carbonyl (C=O) groups is 2. The summed E-state index contributed by atoms with van der Waals surface area (Å²) in [7, 11) is 0. The Hall–Kier alpha value is -1.06. The lowest BCUT2D eigenvalue weighted by molar-refractivity contribution is -0.131. The average molecular weight is 256 g/mol. The van der Waals surface area contributed by atoms with E-state index in [1.54, 1.807) is 13.8 Å². The normalized spacial score (nSPS) is 14.4. The van der Waals surface area contributed by atoms with E-state index in [2.05, 4.69) is 26.1 Å². The molecule has 0 fully saturated rings. The standard InChI is InChI=1S/C14H28N2O2/c1-9(2)10(13(3,4)5)11(17)16-8-14(6,7)12(15)18/h9-10H,8H2,1-7H3,(H2,15,18)(H,16,17). The molecular weight excluding hydrogens is 228 g/mol. The number of nitrogens with two attached hydrogens (primary N) is 1. The van der Waals surface area contributed by atoms with Crippen LogP contribution in [-0.4, -0.2) is 18.4 Å². The zero-order valence-corrected chi connectivity index (χ0v) is 12.8. The third kappa shape index (κ3) is 4.67. The third-order valence-corrected chi connectivity index (χ3v) is 3.25. The van der Waals surface area contributed by atoms with E-state index in [0.717, 1.165) is 0 Å². The van der Waals surface area contributed by atoms with Crippen molar-refractivity contribution in [3.63, 3.8) is 0 Å². The summed E-state index contributed by atoms with van der Waals surface area (Å²) in [4.78, 5) is 23.4. The third-order valence-electron chi connectivity index (χ3n) is 3.25. The van der Waals surface area contributed by atoms with Crippen molar-refractivity contribution in [3.05, 3.63) is 0 Å². The summed E-state index contributed by atoms with van der Waals surface area (Å²) in [5, 5.41) is 2.85. The predicted molar refractivity (Wildman–Crippen MR) is 73.8 cm³/mol. The number of hydrogen-bond donors (Lipinski definition) is 2. The monoisotopic (exact) mass is 256 g/mol. The van der Waals surface area contributed by atoms with E-state index in [1.165, 1.54) is 0 Å². The highest BCUT2D eigenvalue weighted by atomic mass is 16.2. The molecule has 3 N–H and O–H groups in total. The summed E-state index contributed by atoms with van der Waals surface area (Å²) in [6.45, 7) is 14.0. The minimum absolute atomic E-state index is 0.00757. The van der Waals surface area contributed by atoms with Crippen molar-refractivity contribution in [2.45, 2.75) is 48.5 Å². The Balaban J connectivity index is 4.71. The van der Waals surface area contributed by atoms with E-state index in [4.69, 9.17) is 5.73 Å². The van der Waals surface area contributed by atoms with Crippen LogP contribution in [0, 0.1) is 22.7 Å². The molecule has 0 spiro atoms. The lowest BCUT2D eigenvalue weighted by atomic mass is 9.73. The van der Waals surface area contributed by atoms with Crippen LogP contribution in [0.1, 0.15) is 48.5 Å². The first-order valence-corrected chi connectivity index (χ1v) is 6.47. The van der Waals surface area contributed by atoms with Crippen LogP contribution in [0.2, 0.25) is 0 Å². The zero-order chi connectivity index (χ0) is 14.7. The van der Waals surface area contributed by atoms with Crippen molar-refractivity contribution in [1.29, 1.82) is 0 Å². The minimum Gasteiger partial charge on any atom is -0.369 e. The van der Waals surface area contributed by atoms with E-state index in [0.29, 0.717) is 0 Å². The second-order valence-electron chi connectivity index (χ2n) is 7.05. The molecule has 2 amide bonds. The van der Waals surface area contributed by atoms with Gasteiger partial charge < -0.3 is 11.1 Å². The van der Waals surface area contributed by atoms with Crippen LogP contribution in [0.25, 0.3) is 0 Å². The molecule has 4 heteroatoms. The van der Waals surface area contributed by atoms with E-state index >= 15 is 0 Å². The minimum atomic E-state index is -0.713. The van der Waals surface area contributed by atoms with E-state index < -0.39 is 11.3 Å². The van der Waals surface area contributed by atoms with Gasteiger partial charge in [0.1, 0.15) is 0 Å². The maximum atomic E-state index is 12.2. The molecule has 0 saturated heterocycles. The van der Waals surface area contributed by atoms with Gasteiger partial charge in [-0.2, -0.15) is 0 Å². The highest BCUT2D eigenvalue weighted by Crippen LogP contribution is 2.32. The van der Waals surface area contributed by atoms with Crippen molar-refractivity contribution in [2.24, 2.45) is 28.4 Å². The van der Waals surface area contributed by atoms with Crippen LogP contribution >= 0.6 is 0 Å². The van der Waals surface area contributed by atoms with Crippen LogP contribution in [0.5, 0.6) is 0 Å². The zero-order valence-electron chi connectivity index (χ0n) is 12.8. The topological polar surface area (TPSA) is 72.2 Å². The fraction of sp³-hybridized carbons (Fsp3) is 0.857. The molecule has 0 aromatic carbocycles. The smallest absolute Gasteiger partial charge is 0.224 e. The molecule has 0 radical (unpaired) electrons. The SMILES string of the molecule is CC(C)C(C(=O)NCC(C)(C)C(N)=O)C(C)(C)C. The summed E-state index contributed by atoms with van der Waals surface area (Å²) in [6, 6.07) is 0. The van der Waals surface area contributed by atoms with Crippen molar-refractivity contribution < 1.29 is 9.59 Å². The Morgan fingerprint density at radius 2 is 1.56 bits per heavy atom. The largest absolute Gasteiger partial charge is 0.369 e. The summed E-state index contributed by atoms with van der Waals surface area (Å²) in [5.41, 5.74) is 4.47. The Bertz CT molecular complexity index is 314. The van der Waals surface area contributed by atoms with Gasteiger partial charge in [-0.25, -0.2) is 0 Å². The molecule has 0 aliphatic rings. The van der Waals surface area contributed by atoms with E-state index in [-0.39, 0.29) is 29.7 Å². The van der Waals surface area contributed by atoms with Crippen molar-refractivity contribution in [3.8, 4) is 0 Å². The molecule has 1 atom stereocenters. The number of hydrogen-bond acceptors (Lipinski definition) is 2. The molecule has 106 valence electrons. The molecule has 18 heavy (non-hydrogen) atoms. The van der Waals surface area contributed by atoms with Gasteiger partial charge in [-0.15, -0.1) is 0 Å². The number of carbonyl (C=O) groups excluding carboxylic acids is 2. The molecule has 0 aliphatic carbocycles. The highest BCUT2D eigenvalue weighted by molar-refractivity contribution is 5.83. The maximum absolute atomic E-state index is 12.2. The van der Waals surface area contributed by atoms with Crippen LogP contribution in [0.15, 0.2) is 0 Å². The number of primary amides is 1. The molecule has 0 aromatic heterocycles. The molecule has 4 nitrogen and oxygen atoms in total. The molecule has 0 aliphatic heterocycles. The van der Waals surface area contributed by atoms with Gasteiger partial charge in [0.15, 0.2) is 0 Å². The van der Waals surface area contributed by atoms with Gasteiger partial charge in [0.05, 0.1) is 5.41 Å². The van der Waals surface area contributed by atoms with Crippen LogP contribution in [0.4, 0.5) is 0 Å². The van der Waals surface area contributed by atoms with Crippen LogP contribution in [-0.2, 0) is 9.59 Å².